The van der Waals surface area contributed by atoms with Crippen molar-refractivity contribution in [2.45, 2.75) is 64.2 Å². The molecule has 0 saturated heterocycles. The van der Waals surface area contributed by atoms with E-state index in [0.717, 1.165) is 0 Å². The van der Waals surface area contributed by atoms with Crippen LogP contribution >= 0.6 is 0 Å². The Bertz CT molecular complexity index is 339. The van der Waals surface area contributed by atoms with Crippen LogP contribution in [-0.2, 0) is 0 Å². The third-order valence-corrected chi connectivity index (χ3v) is 3.48. The molecular weight excluding hydrogens is 240 g/mol. The van der Waals surface area contributed by atoms with Crippen LogP contribution in [0.5, 0.6) is 0 Å². The smallest absolute Gasteiger partial charge is 0.0347 e. The Morgan fingerprint density at radius 2 is 0.650 bits per heavy atom. The molecule has 0 spiro atoms. The second-order valence-electron chi connectivity index (χ2n) is 5.37. The first-order valence-corrected chi connectivity index (χ1v) is 8.30. The number of allylic oxidation sites excluding steroid dienone is 10. The van der Waals surface area contributed by atoms with Crippen LogP contribution in [0.4, 0.5) is 0 Å². The summed E-state index contributed by atoms with van der Waals surface area (Å²) in [6.45, 7) is 0. The zero-order valence-corrected chi connectivity index (χ0v) is 12.8. The molecule has 0 amide bonds. The summed E-state index contributed by atoms with van der Waals surface area (Å²) < 4.78 is 0. The molecule has 1 rings (SSSR count). The maximum atomic E-state index is 2.38. The van der Waals surface area contributed by atoms with Crippen LogP contribution in [0.1, 0.15) is 64.2 Å². The molecule has 0 aromatic heterocycles. The minimum atomic E-state index is 1.20. The van der Waals surface area contributed by atoms with Gasteiger partial charge in [0.05, 0.1) is 0 Å². The second-order valence-corrected chi connectivity index (χ2v) is 5.37. The quantitative estimate of drug-likeness (QED) is 0.430. The molecule has 0 nitrogen and oxygen atoms in total. The summed E-state index contributed by atoms with van der Waals surface area (Å²) >= 11 is 0. The molecule has 0 unspecified atom stereocenters. The van der Waals surface area contributed by atoms with Gasteiger partial charge in [-0.3, -0.25) is 0 Å². The Morgan fingerprint density at radius 3 is 1.15 bits per heavy atom. The first-order valence-electron chi connectivity index (χ1n) is 8.30. The van der Waals surface area contributed by atoms with E-state index >= 15 is 0 Å². The molecule has 0 radical (unpaired) electrons. The van der Waals surface area contributed by atoms with E-state index in [2.05, 4.69) is 60.8 Å². The maximum Gasteiger partial charge on any atom is -0.0347 e. The largest absolute Gasteiger partial charge is 0.0885 e. The monoisotopic (exact) mass is 270 g/mol. The van der Waals surface area contributed by atoms with Gasteiger partial charge in [0.15, 0.2) is 0 Å². The van der Waals surface area contributed by atoms with Gasteiger partial charge in [-0.1, -0.05) is 73.6 Å². The summed E-state index contributed by atoms with van der Waals surface area (Å²) in [7, 11) is 0. The first-order chi connectivity index (χ1) is 10.0. The Labute approximate surface area is 125 Å². The highest BCUT2D eigenvalue weighted by Gasteiger charge is 1.88. The predicted octanol–water partition coefficient (Wildman–Crippen LogP) is 6.68. The Balaban J connectivity index is 2.30. The lowest BCUT2D eigenvalue weighted by Crippen LogP contribution is -1.77. The average Bonchev–Trinajstić information content (AvgIpc) is 2.46. The molecule has 0 bridgehead atoms. The fourth-order valence-electron chi connectivity index (χ4n) is 2.24. The van der Waals surface area contributed by atoms with Crippen LogP contribution in [0.25, 0.3) is 0 Å². The minimum absolute atomic E-state index is 1.20. The van der Waals surface area contributed by atoms with E-state index in [4.69, 9.17) is 0 Å². The lowest BCUT2D eigenvalue weighted by molar-refractivity contribution is 0.651. The van der Waals surface area contributed by atoms with Crippen molar-refractivity contribution in [3.63, 3.8) is 0 Å². The van der Waals surface area contributed by atoms with Crippen molar-refractivity contribution in [1.29, 1.82) is 0 Å². The Kier molecular flexibility index (Phi) is 11.8. The standard InChI is InChI=1S/C20H30/c1-2-4-6-8-10-12-14-16-18-20-19-17-15-13-11-9-7-5-3-1/h1-8,17,19H,9-16,18,20H2/b3-1-,4-2+,7-5+,8-6+,19-17-. The van der Waals surface area contributed by atoms with Gasteiger partial charge in [0.2, 0.25) is 0 Å². The lowest BCUT2D eigenvalue weighted by Gasteiger charge is -1.97. The Hall–Kier alpha value is -1.30. The van der Waals surface area contributed by atoms with Crippen molar-refractivity contribution in [1.82, 2.24) is 0 Å². The topological polar surface area (TPSA) is 0 Å². The van der Waals surface area contributed by atoms with Crippen molar-refractivity contribution < 1.29 is 0 Å². The molecule has 0 saturated carbocycles. The third-order valence-electron chi connectivity index (χ3n) is 3.48. The Morgan fingerprint density at radius 1 is 0.300 bits per heavy atom. The van der Waals surface area contributed by atoms with E-state index in [9.17, 15) is 0 Å². The fourth-order valence-corrected chi connectivity index (χ4v) is 2.24. The molecule has 1 aliphatic rings. The van der Waals surface area contributed by atoms with Crippen LogP contribution in [0, 0.1) is 0 Å². The van der Waals surface area contributed by atoms with Gasteiger partial charge in [-0.2, -0.15) is 0 Å². The van der Waals surface area contributed by atoms with Gasteiger partial charge in [-0.15, -0.1) is 0 Å². The van der Waals surface area contributed by atoms with Crippen LogP contribution in [-0.4, -0.2) is 0 Å². The van der Waals surface area contributed by atoms with Crippen molar-refractivity contribution in [2.75, 3.05) is 0 Å². The van der Waals surface area contributed by atoms with Gasteiger partial charge in [0, 0.05) is 0 Å². The predicted molar refractivity (Wildman–Crippen MR) is 91.9 cm³/mol. The van der Waals surface area contributed by atoms with Crippen molar-refractivity contribution in [2.24, 2.45) is 0 Å². The summed E-state index contributed by atoms with van der Waals surface area (Å²) in [6, 6.07) is 0. The zero-order chi connectivity index (χ0) is 14.1. The van der Waals surface area contributed by atoms with Crippen LogP contribution < -0.4 is 0 Å². The fraction of sp³-hybridized carbons (Fsp3) is 0.500. The zero-order valence-electron chi connectivity index (χ0n) is 12.8. The molecule has 0 aromatic rings. The van der Waals surface area contributed by atoms with Gasteiger partial charge < -0.3 is 0 Å². The molecule has 0 atom stereocenters. The summed E-state index contributed by atoms with van der Waals surface area (Å²) in [5, 5.41) is 0. The maximum absolute atomic E-state index is 2.38. The van der Waals surface area contributed by atoms with Crippen molar-refractivity contribution in [3.05, 3.63) is 60.8 Å². The van der Waals surface area contributed by atoms with E-state index in [1.165, 1.54) is 64.2 Å². The summed E-state index contributed by atoms with van der Waals surface area (Å²) in [5.74, 6) is 0. The third kappa shape index (κ3) is 11.8. The molecule has 0 aliphatic heterocycles. The SMILES string of the molecule is C1=C\C=C\CCCC/C=C\CCCCCC/C=C/C=C/1. The highest BCUT2D eigenvalue weighted by atomic mass is 13.9. The molecular formula is C20H30. The van der Waals surface area contributed by atoms with Crippen molar-refractivity contribution in [3.8, 4) is 0 Å². The second kappa shape index (κ2) is 14.1. The molecule has 1 aliphatic carbocycles. The number of hydrogen-bond donors (Lipinski definition) is 0. The average molecular weight is 270 g/mol. The van der Waals surface area contributed by atoms with Gasteiger partial charge >= 0.3 is 0 Å². The van der Waals surface area contributed by atoms with Crippen LogP contribution in [0.2, 0.25) is 0 Å². The van der Waals surface area contributed by atoms with Gasteiger partial charge in [0.25, 0.3) is 0 Å². The molecule has 0 fully saturated rings. The highest BCUT2D eigenvalue weighted by molar-refractivity contribution is 5.15. The van der Waals surface area contributed by atoms with Gasteiger partial charge in [-0.25, -0.2) is 0 Å². The van der Waals surface area contributed by atoms with Crippen LogP contribution in [0.3, 0.4) is 0 Å². The molecule has 0 heterocycles. The lowest BCUT2D eigenvalue weighted by atomic mass is 10.1. The van der Waals surface area contributed by atoms with E-state index < -0.39 is 0 Å². The minimum Gasteiger partial charge on any atom is -0.0885 e. The van der Waals surface area contributed by atoms with Gasteiger partial charge in [0.1, 0.15) is 0 Å². The molecule has 0 heteroatoms. The van der Waals surface area contributed by atoms with Crippen molar-refractivity contribution >= 4 is 0 Å². The van der Waals surface area contributed by atoms with E-state index in [0.29, 0.717) is 0 Å². The summed E-state index contributed by atoms with van der Waals surface area (Å²) in [4.78, 5) is 0. The molecule has 0 N–H and O–H groups in total. The van der Waals surface area contributed by atoms with E-state index in [1.807, 2.05) is 0 Å². The number of rotatable bonds is 0. The molecule has 0 aromatic carbocycles. The molecule has 110 valence electrons. The highest BCUT2D eigenvalue weighted by Crippen LogP contribution is 2.08. The normalized spacial score (nSPS) is 28.0. The van der Waals surface area contributed by atoms with Gasteiger partial charge in [-0.05, 0) is 51.4 Å². The first kappa shape index (κ1) is 16.8. The summed E-state index contributed by atoms with van der Waals surface area (Å²) in [6.07, 6.45) is 35.0. The number of hydrogen-bond acceptors (Lipinski definition) is 0. The van der Waals surface area contributed by atoms with Crippen LogP contribution in [0.15, 0.2) is 60.8 Å². The molecule has 20 heavy (non-hydrogen) atoms. The van der Waals surface area contributed by atoms with E-state index in [1.54, 1.807) is 0 Å². The van der Waals surface area contributed by atoms with E-state index in [-0.39, 0.29) is 0 Å². The summed E-state index contributed by atoms with van der Waals surface area (Å²) in [5.41, 5.74) is 0.